The van der Waals surface area contributed by atoms with Gasteiger partial charge in [-0.05, 0) is 36.2 Å². The minimum Gasteiger partial charge on any atom is -0.319 e. The van der Waals surface area contributed by atoms with Gasteiger partial charge in [0.15, 0.2) is 5.78 Å². The largest absolute Gasteiger partial charge is 0.325 e. The predicted molar refractivity (Wildman–Crippen MR) is 87.4 cm³/mol. The van der Waals surface area contributed by atoms with Crippen LogP contribution in [-0.4, -0.2) is 29.2 Å². The maximum Gasteiger partial charge on any atom is 0.325 e. The maximum atomic E-state index is 12.7. The Balaban J connectivity index is 1.81. The van der Waals surface area contributed by atoms with E-state index in [0.29, 0.717) is 5.56 Å². The highest BCUT2D eigenvalue weighted by molar-refractivity contribution is 7.08. The van der Waals surface area contributed by atoms with Gasteiger partial charge in [-0.2, -0.15) is 11.3 Å². The number of aryl methyl sites for hydroxylation is 1. The highest BCUT2D eigenvalue weighted by Gasteiger charge is 2.49. The van der Waals surface area contributed by atoms with Crippen molar-refractivity contribution in [1.82, 2.24) is 10.2 Å². The number of imide groups is 1. The lowest BCUT2D eigenvalue weighted by Crippen LogP contribution is -2.41. The molecule has 2 heterocycles. The van der Waals surface area contributed by atoms with Gasteiger partial charge in [-0.25, -0.2) is 4.79 Å². The van der Waals surface area contributed by atoms with E-state index in [-0.39, 0.29) is 12.3 Å². The summed E-state index contributed by atoms with van der Waals surface area (Å²) in [6.45, 7) is 3.33. The van der Waals surface area contributed by atoms with Crippen molar-refractivity contribution in [3.05, 3.63) is 57.8 Å². The normalized spacial score (nSPS) is 20.7. The Bertz CT molecular complexity index is 768. The van der Waals surface area contributed by atoms with Crippen molar-refractivity contribution in [2.75, 3.05) is 6.54 Å². The van der Waals surface area contributed by atoms with Crippen LogP contribution in [0, 0.1) is 6.92 Å². The van der Waals surface area contributed by atoms with E-state index in [4.69, 9.17) is 0 Å². The molecule has 3 rings (SSSR count). The first-order chi connectivity index (χ1) is 10.9. The van der Waals surface area contributed by atoms with Gasteiger partial charge in [-0.1, -0.05) is 29.8 Å². The van der Waals surface area contributed by atoms with E-state index < -0.39 is 17.5 Å². The van der Waals surface area contributed by atoms with Crippen LogP contribution in [0.1, 0.15) is 28.4 Å². The Labute approximate surface area is 137 Å². The van der Waals surface area contributed by atoms with Crippen molar-refractivity contribution in [1.29, 1.82) is 0 Å². The molecule has 0 aliphatic carbocycles. The van der Waals surface area contributed by atoms with Crippen LogP contribution in [0.4, 0.5) is 4.79 Å². The zero-order valence-corrected chi connectivity index (χ0v) is 13.6. The number of hydrogen-bond donors (Lipinski definition) is 1. The summed E-state index contributed by atoms with van der Waals surface area (Å²) < 4.78 is 0. The zero-order chi connectivity index (χ0) is 16.6. The van der Waals surface area contributed by atoms with Crippen molar-refractivity contribution in [3.63, 3.8) is 0 Å². The number of carbonyl (C=O) groups is 3. The number of ketones is 1. The first kappa shape index (κ1) is 15.4. The van der Waals surface area contributed by atoms with Crippen LogP contribution in [0.2, 0.25) is 0 Å². The van der Waals surface area contributed by atoms with Crippen LogP contribution in [0.15, 0.2) is 41.1 Å². The topological polar surface area (TPSA) is 66.5 Å². The molecule has 1 atom stereocenters. The van der Waals surface area contributed by atoms with Crippen LogP contribution in [0.3, 0.4) is 0 Å². The number of Topliss-reactive ketones (excluding diaryl/α,β-unsaturated/α-hetero) is 1. The molecule has 1 fully saturated rings. The molecule has 6 heteroatoms. The van der Waals surface area contributed by atoms with E-state index in [1.807, 2.05) is 29.8 Å². The number of amides is 3. The number of urea groups is 1. The summed E-state index contributed by atoms with van der Waals surface area (Å²) in [5.41, 5.74) is 1.15. The summed E-state index contributed by atoms with van der Waals surface area (Å²) in [6, 6.07) is 8.32. The van der Waals surface area contributed by atoms with Gasteiger partial charge in [0.25, 0.3) is 5.91 Å². The van der Waals surface area contributed by atoms with Gasteiger partial charge in [-0.3, -0.25) is 14.5 Å². The maximum absolute atomic E-state index is 12.7. The second-order valence-electron chi connectivity index (χ2n) is 5.75. The van der Waals surface area contributed by atoms with E-state index in [2.05, 4.69) is 5.32 Å². The Morgan fingerprint density at radius 2 is 1.91 bits per heavy atom. The summed E-state index contributed by atoms with van der Waals surface area (Å²) in [6.07, 6.45) is 0. The van der Waals surface area contributed by atoms with E-state index in [1.165, 1.54) is 11.3 Å². The molecule has 0 saturated carbocycles. The minimum absolute atomic E-state index is 0.256. The van der Waals surface area contributed by atoms with Crippen molar-refractivity contribution in [3.8, 4) is 0 Å². The number of thiophene rings is 1. The quantitative estimate of drug-likeness (QED) is 0.693. The van der Waals surface area contributed by atoms with Crippen LogP contribution >= 0.6 is 11.3 Å². The molecular weight excluding hydrogens is 312 g/mol. The first-order valence-electron chi connectivity index (χ1n) is 7.18. The van der Waals surface area contributed by atoms with Crippen LogP contribution in [0.25, 0.3) is 0 Å². The Morgan fingerprint density at radius 3 is 2.52 bits per heavy atom. The highest BCUT2D eigenvalue weighted by Crippen LogP contribution is 2.30. The molecule has 2 aromatic rings. The predicted octanol–water partition coefficient (Wildman–Crippen LogP) is 2.71. The monoisotopic (exact) mass is 328 g/mol. The number of benzene rings is 1. The van der Waals surface area contributed by atoms with E-state index >= 15 is 0 Å². The first-order valence-corrected chi connectivity index (χ1v) is 8.13. The molecule has 0 unspecified atom stereocenters. The van der Waals surface area contributed by atoms with Gasteiger partial charge in [-0.15, -0.1) is 0 Å². The molecule has 1 aliphatic heterocycles. The molecule has 1 saturated heterocycles. The second-order valence-corrected chi connectivity index (χ2v) is 6.53. The third-order valence-corrected chi connectivity index (χ3v) is 4.73. The van der Waals surface area contributed by atoms with Gasteiger partial charge in [0.2, 0.25) is 0 Å². The van der Waals surface area contributed by atoms with Gasteiger partial charge in [0, 0.05) is 5.56 Å². The van der Waals surface area contributed by atoms with Crippen molar-refractivity contribution < 1.29 is 14.4 Å². The lowest BCUT2D eigenvalue weighted by molar-refractivity contribution is -0.130. The number of carbonyl (C=O) groups excluding carboxylic acids is 3. The molecule has 0 spiro atoms. The van der Waals surface area contributed by atoms with Gasteiger partial charge >= 0.3 is 6.03 Å². The molecule has 1 aromatic heterocycles. The molecule has 23 heavy (non-hydrogen) atoms. The lowest BCUT2D eigenvalue weighted by Gasteiger charge is -2.20. The molecule has 1 aliphatic rings. The average molecular weight is 328 g/mol. The smallest absolute Gasteiger partial charge is 0.319 e. The summed E-state index contributed by atoms with van der Waals surface area (Å²) in [7, 11) is 0. The SMILES string of the molecule is Cc1ccc(C(=O)CN2C(=O)N[C@@](C)(c3ccsc3)C2=O)cc1. The van der Waals surface area contributed by atoms with Gasteiger partial charge < -0.3 is 5.32 Å². The summed E-state index contributed by atoms with van der Waals surface area (Å²) >= 11 is 1.45. The third kappa shape index (κ3) is 2.66. The third-order valence-electron chi connectivity index (χ3n) is 4.05. The summed E-state index contributed by atoms with van der Waals surface area (Å²) in [5, 5.41) is 6.36. The molecule has 118 valence electrons. The average Bonchev–Trinajstić information content (AvgIpc) is 3.12. The van der Waals surface area contributed by atoms with Crippen LogP contribution in [0.5, 0.6) is 0 Å². The molecule has 3 amide bonds. The number of rotatable bonds is 4. The van der Waals surface area contributed by atoms with E-state index in [9.17, 15) is 14.4 Å². The fourth-order valence-electron chi connectivity index (χ4n) is 2.56. The number of nitrogens with zero attached hydrogens (tertiary/aromatic N) is 1. The van der Waals surface area contributed by atoms with Crippen molar-refractivity contribution >= 4 is 29.1 Å². The molecule has 1 N–H and O–H groups in total. The van der Waals surface area contributed by atoms with E-state index in [1.54, 1.807) is 25.1 Å². The summed E-state index contributed by atoms with van der Waals surface area (Å²) in [4.78, 5) is 38.1. The lowest BCUT2D eigenvalue weighted by atomic mass is 9.95. The standard InChI is InChI=1S/C17H16N2O3S/c1-11-3-5-12(6-4-11)14(20)9-19-15(21)17(2,18-16(19)22)13-7-8-23-10-13/h3-8,10H,9H2,1-2H3,(H,18,22)/t17-/m0/s1. The van der Waals surface area contributed by atoms with Crippen LogP contribution < -0.4 is 5.32 Å². The molecule has 5 nitrogen and oxygen atoms in total. The molecule has 0 bridgehead atoms. The second kappa shape index (κ2) is 5.62. The Morgan fingerprint density at radius 1 is 1.22 bits per heavy atom. The molecule has 1 aromatic carbocycles. The Kier molecular flexibility index (Phi) is 3.77. The fraction of sp³-hybridized carbons (Fsp3) is 0.235. The highest BCUT2D eigenvalue weighted by atomic mass is 32.1. The van der Waals surface area contributed by atoms with Crippen molar-refractivity contribution in [2.24, 2.45) is 0 Å². The minimum atomic E-state index is -1.11. The zero-order valence-electron chi connectivity index (χ0n) is 12.8. The van der Waals surface area contributed by atoms with E-state index in [0.717, 1.165) is 16.0 Å². The van der Waals surface area contributed by atoms with Crippen molar-refractivity contribution in [2.45, 2.75) is 19.4 Å². The van der Waals surface area contributed by atoms with Gasteiger partial charge in [0.05, 0.1) is 6.54 Å². The Hall–Kier alpha value is -2.47. The van der Waals surface area contributed by atoms with Crippen LogP contribution in [-0.2, 0) is 10.3 Å². The van der Waals surface area contributed by atoms with Gasteiger partial charge in [0.1, 0.15) is 5.54 Å². The number of nitrogens with one attached hydrogen (secondary N) is 1. The molecular formula is C17H16N2O3S. The molecule has 0 radical (unpaired) electrons. The summed E-state index contributed by atoms with van der Waals surface area (Å²) in [5.74, 6) is -0.663. The fourth-order valence-corrected chi connectivity index (χ4v) is 3.32. The number of hydrogen-bond acceptors (Lipinski definition) is 4.